The molecule has 5 heteroatoms. The number of benzene rings is 1. The lowest BCUT2D eigenvalue weighted by atomic mass is 10.1. The summed E-state index contributed by atoms with van der Waals surface area (Å²) in [6.45, 7) is 0. The fourth-order valence-corrected chi connectivity index (χ4v) is 1.86. The Balaban J connectivity index is 3.09. The Bertz CT molecular complexity index is 432. The highest BCUT2D eigenvalue weighted by Gasteiger charge is 2.12. The number of nitrogens with one attached hydrogen (secondary N) is 1. The summed E-state index contributed by atoms with van der Waals surface area (Å²) >= 11 is 3.38. The van der Waals surface area contributed by atoms with E-state index in [0.29, 0.717) is 5.75 Å². The van der Waals surface area contributed by atoms with Crippen LogP contribution in [0.25, 0.3) is 0 Å². The Morgan fingerprint density at radius 3 is 2.82 bits per heavy atom. The summed E-state index contributed by atoms with van der Waals surface area (Å²) in [4.78, 5) is 10.5. The van der Waals surface area contributed by atoms with Crippen LogP contribution in [0.2, 0.25) is 0 Å². The van der Waals surface area contributed by atoms with Crippen LogP contribution in [0.1, 0.15) is 11.6 Å². The number of hydrogen-bond donors (Lipinski definition) is 2. The van der Waals surface area contributed by atoms with E-state index in [1.165, 1.54) is 0 Å². The molecular formula is C12H14BrNO3. The van der Waals surface area contributed by atoms with Crippen LogP contribution in [0.3, 0.4) is 0 Å². The summed E-state index contributed by atoms with van der Waals surface area (Å²) in [7, 11) is 3.34. The highest BCUT2D eigenvalue weighted by Crippen LogP contribution is 2.29. The molecule has 17 heavy (non-hydrogen) atoms. The van der Waals surface area contributed by atoms with Gasteiger partial charge < -0.3 is 15.2 Å². The lowest BCUT2D eigenvalue weighted by molar-refractivity contribution is -0.131. The van der Waals surface area contributed by atoms with Crippen LogP contribution < -0.4 is 10.1 Å². The summed E-state index contributed by atoms with van der Waals surface area (Å²) in [5.41, 5.74) is 0.877. The van der Waals surface area contributed by atoms with Crippen molar-refractivity contribution in [2.24, 2.45) is 0 Å². The average molecular weight is 300 g/mol. The standard InChI is InChI=1S/C12H14BrNO3/c1-14-10(4-6-12(15)16)9-7-8(13)3-5-11(9)17-2/h3-7,10,14H,1-2H3,(H,15,16)/b6-4+. The molecule has 0 aromatic heterocycles. The van der Waals surface area contributed by atoms with Crippen LogP contribution in [0, 0.1) is 0 Å². The minimum Gasteiger partial charge on any atom is -0.496 e. The number of carbonyl (C=O) groups is 1. The van der Waals surface area contributed by atoms with Crippen molar-refractivity contribution in [3.05, 3.63) is 40.4 Å². The first kappa shape index (κ1) is 13.7. The average Bonchev–Trinajstić information content (AvgIpc) is 2.30. The molecule has 4 nitrogen and oxygen atoms in total. The van der Waals surface area contributed by atoms with Crippen LogP contribution in [-0.4, -0.2) is 25.2 Å². The number of hydrogen-bond acceptors (Lipinski definition) is 3. The molecule has 0 heterocycles. The van der Waals surface area contributed by atoms with Crippen molar-refractivity contribution in [1.82, 2.24) is 5.32 Å². The third kappa shape index (κ3) is 3.87. The van der Waals surface area contributed by atoms with Crippen molar-refractivity contribution in [1.29, 1.82) is 0 Å². The van der Waals surface area contributed by atoms with Gasteiger partial charge in [-0.1, -0.05) is 22.0 Å². The van der Waals surface area contributed by atoms with Crippen molar-refractivity contribution < 1.29 is 14.6 Å². The van der Waals surface area contributed by atoms with Gasteiger partial charge in [0.2, 0.25) is 0 Å². The van der Waals surface area contributed by atoms with E-state index in [9.17, 15) is 4.79 Å². The molecule has 1 rings (SSSR count). The largest absolute Gasteiger partial charge is 0.496 e. The number of carboxylic acid groups (broad SMARTS) is 1. The lowest BCUT2D eigenvalue weighted by Gasteiger charge is -2.16. The maximum absolute atomic E-state index is 10.5. The number of methoxy groups -OCH3 is 1. The SMILES string of the molecule is CNC(/C=C/C(=O)O)c1cc(Br)ccc1OC. The van der Waals surface area contributed by atoms with E-state index < -0.39 is 5.97 Å². The lowest BCUT2D eigenvalue weighted by Crippen LogP contribution is -2.15. The summed E-state index contributed by atoms with van der Waals surface area (Å²) in [5, 5.41) is 11.7. The fourth-order valence-electron chi connectivity index (χ4n) is 1.48. The molecular weight excluding hydrogens is 286 g/mol. The third-order valence-corrected chi connectivity index (χ3v) is 2.76. The Kier molecular flexibility index (Phi) is 5.18. The molecule has 0 bridgehead atoms. The van der Waals surface area contributed by atoms with Crippen molar-refractivity contribution in [2.45, 2.75) is 6.04 Å². The van der Waals surface area contributed by atoms with Crippen LogP contribution >= 0.6 is 15.9 Å². The van der Waals surface area contributed by atoms with Gasteiger partial charge in [0.25, 0.3) is 0 Å². The molecule has 0 spiro atoms. The van der Waals surface area contributed by atoms with Crippen LogP contribution in [0.5, 0.6) is 5.75 Å². The zero-order chi connectivity index (χ0) is 12.8. The molecule has 1 aromatic rings. The maximum Gasteiger partial charge on any atom is 0.328 e. The first-order chi connectivity index (χ1) is 8.08. The molecule has 0 saturated heterocycles. The number of rotatable bonds is 5. The quantitative estimate of drug-likeness (QED) is 0.820. The first-order valence-electron chi connectivity index (χ1n) is 5.00. The Labute approximate surface area is 108 Å². The number of aliphatic carboxylic acids is 1. The highest BCUT2D eigenvalue weighted by atomic mass is 79.9. The fraction of sp³-hybridized carbons (Fsp3) is 0.250. The summed E-state index contributed by atoms with van der Waals surface area (Å²) in [6.07, 6.45) is 2.69. The first-order valence-corrected chi connectivity index (χ1v) is 5.79. The molecule has 0 aliphatic rings. The third-order valence-electron chi connectivity index (χ3n) is 2.27. The van der Waals surface area contributed by atoms with E-state index in [4.69, 9.17) is 9.84 Å². The van der Waals surface area contributed by atoms with Crippen molar-refractivity contribution in [2.75, 3.05) is 14.2 Å². The van der Waals surface area contributed by atoms with E-state index in [1.807, 2.05) is 18.2 Å². The van der Waals surface area contributed by atoms with E-state index >= 15 is 0 Å². The molecule has 92 valence electrons. The molecule has 0 radical (unpaired) electrons. The predicted octanol–water partition coefficient (Wildman–Crippen LogP) is 2.36. The van der Waals surface area contributed by atoms with Crippen LogP contribution in [-0.2, 0) is 4.79 Å². The van der Waals surface area contributed by atoms with Crippen molar-refractivity contribution in [3.63, 3.8) is 0 Å². The minimum atomic E-state index is -0.973. The second kappa shape index (κ2) is 6.42. The summed E-state index contributed by atoms with van der Waals surface area (Å²) < 4.78 is 6.16. The molecule has 1 unspecified atom stereocenters. The van der Waals surface area contributed by atoms with Gasteiger partial charge in [-0.3, -0.25) is 0 Å². The molecule has 0 fully saturated rings. The molecule has 0 saturated carbocycles. The van der Waals surface area contributed by atoms with E-state index in [0.717, 1.165) is 16.1 Å². The van der Waals surface area contributed by atoms with Gasteiger partial charge in [0.15, 0.2) is 0 Å². The molecule has 0 amide bonds. The highest BCUT2D eigenvalue weighted by molar-refractivity contribution is 9.10. The van der Waals surface area contributed by atoms with Gasteiger partial charge >= 0.3 is 5.97 Å². The normalized spacial score (nSPS) is 12.6. The Morgan fingerprint density at radius 1 is 1.59 bits per heavy atom. The Hall–Kier alpha value is -1.33. The number of carboxylic acids is 1. The van der Waals surface area contributed by atoms with Gasteiger partial charge in [-0.05, 0) is 25.2 Å². The van der Waals surface area contributed by atoms with Gasteiger partial charge in [-0.2, -0.15) is 0 Å². The van der Waals surface area contributed by atoms with Gasteiger partial charge in [0.1, 0.15) is 5.75 Å². The molecule has 1 aromatic carbocycles. The zero-order valence-corrected chi connectivity index (χ0v) is 11.2. The molecule has 0 aliphatic heterocycles. The zero-order valence-electron chi connectivity index (χ0n) is 9.61. The number of likely N-dealkylation sites (N-methyl/N-ethyl adjacent to an activating group) is 1. The van der Waals surface area contributed by atoms with Crippen molar-refractivity contribution in [3.8, 4) is 5.75 Å². The van der Waals surface area contributed by atoms with Crippen LogP contribution in [0.15, 0.2) is 34.8 Å². The monoisotopic (exact) mass is 299 g/mol. The van der Waals surface area contributed by atoms with E-state index in [1.54, 1.807) is 20.2 Å². The van der Waals surface area contributed by atoms with Crippen LogP contribution in [0.4, 0.5) is 0 Å². The molecule has 0 aliphatic carbocycles. The number of ether oxygens (including phenoxy) is 1. The van der Waals surface area contributed by atoms with E-state index in [2.05, 4.69) is 21.2 Å². The predicted molar refractivity (Wildman–Crippen MR) is 69.3 cm³/mol. The summed E-state index contributed by atoms with van der Waals surface area (Å²) in [6, 6.07) is 5.39. The summed E-state index contributed by atoms with van der Waals surface area (Å²) in [5.74, 6) is -0.262. The Morgan fingerprint density at radius 2 is 2.29 bits per heavy atom. The van der Waals surface area contributed by atoms with Crippen molar-refractivity contribution >= 4 is 21.9 Å². The van der Waals surface area contributed by atoms with E-state index in [-0.39, 0.29) is 6.04 Å². The smallest absolute Gasteiger partial charge is 0.328 e. The molecule has 1 atom stereocenters. The second-order valence-corrected chi connectivity index (χ2v) is 4.27. The van der Waals surface area contributed by atoms with Gasteiger partial charge in [0, 0.05) is 16.1 Å². The topological polar surface area (TPSA) is 58.6 Å². The van der Waals surface area contributed by atoms with Gasteiger partial charge in [-0.15, -0.1) is 0 Å². The molecule has 2 N–H and O–H groups in total. The minimum absolute atomic E-state index is 0.210. The number of halogens is 1. The second-order valence-electron chi connectivity index (χ2n) is 3.35. The van der Waals surface area contributed by atoms with Gasteiger partial charge in [-0.25, -0.2) is 4.79 Å². The van der Waals surface area contributed by atoms with Gasteiger partial charge in [0.05, 0.1) is 13.2 Å². The maximum atomic E-state index is 10.5.